The van der Waals surface area contributed by atoms with E-state index in [2.05, 4.69) is 10.6 Å². The summed E-state index contributed by atoms with van der Waals surface area (Å²) in [6, 6.07) is 12.3. The van der Waals surface area contributed by atoms with E-state index in [1.807, 2.05) is 44.2 Å². The molecule has 0 spiro atoms. The second kappa shape index (κ2) is 7.64. The fourth-order valence-electron chi connectivity index (χ4n) is 2.31. The van der Waals surface area contributed by atoms with Crippen molar-refractivity contribution < 1.29 is 14.3 Å². The molecule has 0 aliphatic heterocycles. The predicted molar refractivity (Wildman–Crippen MR) is 94.7 cm³/mol. The molecule has 0 unspecified atom stereocenters. The molecule has 1 atom stereocenters. The van der Waals surface area contributed by atoms with E-state index in [0.717, 1.165) is 16.9 Å². The Labute approximate surface area is 142 Å². The predicted octanol–water partition coefficient (Wildman–Crippen LogP) is 4.09. The molecule has 0 radical (unpaired) electrons. The van der Waals surface area contributed by atoms with Crippen molar-refractivity contribution in [3.05, 3.63) is 59.2 Å². The molecule has 2 amide bonds. The van der Waals surface area contributed by atoms with Crippen molar-refractivity contribution in [1.82, 2.24) is 5.32 Å². The first-order chi connectivity index (χ1) is 11.4. The van der Waals surface area contributed by atoms with E-state index in [-0.39, 0.29) is 17.9 Å². The highest BCUT2D eigenvalue weighted by atomic mass is 16.5. The standard InChI is InChI=1S/C19H22N2O3/c1-12-5-6-16(14(3)22)11-18(12)21-19(23)20-13(2)15-7-9-17(24-4)10-8-15/h5-11,13H,1-4H3,(H2,20,21,23)/t13-/m1/s1. The number of benzene rings is 2. The molecule has 24 heavy (non-hydrogen) atoms. The van der Waals surface area contributed by atoms with Gasteiger partial charge in [0.1, 0.15) is 5.75 Å². The van der Waals surface area contributed by atoms with E-state index < -0.39 is 0 Å². The number of hydrogen-bond donors (Lipinski definition) is 2. The van der Waals surface area contributed by atoms with Gasteiger partial charge in [-0.05, 0) is 50.1 Å². The van der Waals surface area contributed by atoms with E-state index in [1.54, 1.807) is 19.2 Å². The lowest BCUT2D eigenvalue weighted by atomic mass is 10.1. The van der Waals surface area contributed by atoms with Crippen LogP contribution in [0.15, 0.2) is 42.5 Å². The third-order valence-corrected chi connectivity index (χ3v) is 3.86. The number of carbonyl (C=O) groups excluding carboxylic acids is 2. The minimum Gasteiger partial charge on any atom is -0.497 e. The van der Waals surface area contributed by atoms with Gasteiger partial charge in [0, 0.05) is 11.3 Å². The Balaban J connectivity index is 2.04. The number of aryl methyl sites for hydroxylation is 1. The molecule has 0 saturated heterocycles. The lowest BCUT2D eigenvalue weighted by Gasteiger charge is -2.16. The van der Waals surface area contributed by atoms with Crippen molar-refractivity contribution in [2.45, 2.75) is 26.8 Å². The molecule has 0 fully saturated rings. The monoisotopic (exact) mass is 326 g/mol. The third-order valence-electron chi connectivity index (χ3n) is 3.86. The van der Waals surface area contributed by atoms with Gasteiger partial charge < -0.3 is 15.4 Å². The van der Waals surface area contributed by atoms with Crippen LogP contribution in [0, 0.1) is 6.92 Å². The number of ether oxygens (including phenoxy) is 1. The molecule has 126 valence electrons. The van der Waals surface area contributed by atoms with Crippen LogP contribution >= 0.6 is 0 Å². The van der Waals surface area contributed by atoms with Crippen LogP contribution in [0.2, 0.25) is 0 Å². The summed E-state index contributed by atoms with van der Waals surface area (Å²) in [6.45, 7) is 5.28. The molecule has 0 heterocycles. The molecule has 2 N–H and O–H groups in total. The minimum absolute atomic E-state index is 0.0370. The number of amides is 2. The van der Waals surface area contributed by atoms with Crippen LogP contribution in [0.4, 0.5) is 10.5 Å². The summed E-state index contributed by atoms with van der Waals surface area (Å²) in [5.74, 6) is 0.733. The van der Waals surface area contributed by atoms with Crippen LogP contribution < -0.4 is 15.4 Å². The number of ketones is 1. The van der Waals surface area contributed by atoms with Gasteiger partial charge in [-0.15, -0.1) is 0 Å². The SMILES string of the molecule is COc1ccc([C@@H](C)NC(=O)Nc2cc(C(C)=O)ccc2C)cc1. The maximum atomic E-state index is 12.2. The summed E-state index contributed by atoms with van der Waals surface area (Å²) in [6.07, 6.45) is 0. The first kappa shape index (κ1) is 17.5. The summed E-state index contributed by atoms with van der Waals surface area (Å²) in [5, 5.41) is 5.68. The molecule has 0 aromatic heterocycles. The van der Waals surface area contributed by atoms with Gasteiger partial charge in [-0.3, -0.25) is 4.79 Å². The van der Waals surface area contributed by atoms with Crippen molar-refractivity contribution in [1.29, 1.82) is 0 Å². The molecule has 0 aliphatic rings. The van der Waals surface area contributed by atoms with E-state index in [4.69, 9.17) is 4.74 Å². The molecule has 5 heteroatoms. The quantitative estimate of drug-likeness (QED) is 0.813. The number of hydrogen-bond acceptors (Lipinski definition) is 3. The van der Waals surface area contributed by atoms with Gasteiger partial charge in [-0.2, -0.15) is 0 Å². The second-order valence-electron chi connectivity index (χ2n) is 5.68. The molecule has 2 aromatic carbocycles. The fourth-order valence-corrected chi connectivity index (χ4v) is 2.31. The number of anilines is 1. The third kappa shape index (κ3) is 4.35. The minimum atomic E-state index is -0.317. The molecule has 2 aromatic rings. The average Bonchev–Trinajstić information content (AvgIpc) is 2.56. The van der Waals surface area contributed by atoms with Gasteiger partial charge in [0.25, 0.3) is 0 Å². The van der Waals surface area contributed by atoms with Crippen LogP contribution in [0.1, 0.15) is 41.4 Å². The van der Waals surface area contributed by atoms with Crippen molar-refractivity contribution in [2.75, 3.05) is 12.4 Å². The van der Waals surface area contributed by atoms with E-state index in [9.17, 15) is 9.59 Å². The van der Waals surface area contributed by atoms with Gasteiger partial charge in [0.05, 0.1) is 13.2 Å². The van der Waals surface area contributed by atoms with Gasteiger partial charge in [-0.25, -0.2) is 4.79 Å². The van der Waals surface area contributed by atoms with Crippen molar-refractivity contribution in [2.24, 2.45) is 0 Å². The molecule has 5 nitrogen and oxygen atoms in total. The Bertz CT molecular complexity index is 739. The maximum absolute atomic E-state index is 12.2. The van der Waals surface area contributed by atoms with Gasteiger partial charge in [0.15, 0.2) is 5.78 Å². The highest BCUT2D eigenvalue weighted by Crippen LogP contribution is 2.19. The van der Waals surface area contributed by atoms with E-state index in [0.29, 0.717) is 11.3 Å². The molecule has 0 saturated carbocycles. The van der Waals surface area contributed by atoms with Crippen LogP contribution in [0.3, 0.4) is 0 Å². The molecule has 0 bridgehead atoms. The van der Waals surface area contributed by atoms with Crippen LogP contribution in [-0.4, -0.2) is 18.9 Å². The maximum Gasteiger partial charge on any atom is 0.319 e. The van der Waals surface area contributed by atoms with E-state index >= 15 is 0 Å². The number of carbonyl (C=O) groups is 2. The van der Waals surface area contributed by atoms with E-state index in [1.165, 1.54) is 6.92 Å². The first-order valence-electron chi connectivity index (χ1n) is 7.73. The summed E-state index contributed by atoms with van der Waals surface area (Å²) in [5.41, 5.74) is 3.06. The van der Waals surface area contributed by atoms with Gasteiger partial charge >= 0.3 is 6.03 Å². The Hall–Kier alpha value is -2.82. The molecule has 0 aliphatic carbocycles. The summed E-state index contributed by atoms with van der Waals surface area (Å²) in [4.78, 5) is 23.7. The zero-order valence-electron chi connectivity index (χ0n) is 14.3. The zero-order valence-corrected chi connectivity index (χ0v) is 14.3. The summed E-state index contributed by atoms with van der Waals surface area (Å²) < 4.78 is 5.13. The zero-order chi connectivity index (χ0) is 17.7. The number of nitrogens with one attached hydrogen (secondary N) is 2. The Morgan fingerprint density at radius 2 is 1.75 bits per heavy atom. The largest absolute Gasteiger partial charge is 0.497 e. The number of rotatable bonds is 5. The lowest BCUT2D eigenvalue weighted by molar-refractivity contribution is 0.101. The van der Waals surface area contributed by atoms with Gasteiger partial charge in [0.2, 0.25) is 0 Å². The number of methoxy groups -OCH3 is 1. The normalized spacial score (nSPS) is 11.5. The lowest BCUT2D eigenvalue weighted by Crippen LogP contribution is -2.31. The number of urea groups is 1. The van der Waals surface area contributed by atoms with Gasteiger partial charge in [-0.1, -0.05) is 24.3 Å². The van der Waals surface area contributed by atoms with Crippen molar-refractivity contribution >= 4 is 17.5 Å². The first-order valence-corrected chi connectivity index (χ1v) is 7.73. The Kier molecular flexibility index (Phi) is 5.58. The van der Waals surface area contributed by atoms with Crippen molar-refractivity contribution in [3.63, 3.8) is 0 Å². The van der Waals surface area contributed by atoms with Crippen molar-refractivity contribution in [3.8, 4) is 5.75 Å². The van der Waals surface area contributed by atoms with Crippen LogP contribution in [0.5, 0.6) is 5.75 Å². The Morgan fingerprint density at radius 3 is 2.33 bits per heavy atom. The highest BCUT2D eigenvalue weighted by molar-refractivity contribution is 5.97. The second-order valence-corrected chi connectivity index (χ2v) is 5.68. The average molecular weight is 326 g/mol. The highest BCUT2D eigenvalue weighted by Gasteiger charge is 2.11. The molecular weight excluding hydrogens is 304 g/mol. The number of Topliss-reactive ketones (excluding diaryl/α,β-unsaturated/α-hetero) is 1. The molecular formula is C19H22N2O3. The van der Waals surface area contributed by atoms with Crippen LogP contribution in [0.25, 0.3) is 0 Å². The summed E-state index contributed by atoms with van der Waals surface area (Å²) >= 11 is 0. The molecule has 2 rings (SSSR count). The van der Waals surface area contributed by atoms with Crippen LogP contribution in [-0.2, 0) is 0 Å². The smallest absolute Gasteiger partial charge is 0.319 e. The Morgan fingerprint density at radius 1 is 1.08 bits per heavy atom. The topological polar surface area (TPSA) is 67.4 Å². The summed E-state index contributed by atoms with van der Waals surface area (Å²) in [7, 11) is 1.61. The fraction of sp³-hybridized carbons (Fsp3) is 0.263.